The number of nitrogens with zero attached hydrogens (tertiary/aromatic N) is 1. The fourth-order valence-corrected chi connectivity index (χ4v) is 4.94. The smallest absolute Gasteiger partial charge is 0.304 e. The first kappa shape index (κ1) is 21.5. The molecule has 0 saturated carbocycles. The number of fused-ring (bicyclic) bond motifs is 3. The van der Waals surface area contributed by atoms with E-state index in [2.05, 4.69) is 4.98 Å². The zero-order chi connectivity index (χ0) is 24.1. The number of aryl methyl sites for hydroxylation is 1. The first-order valence-corrected chi connectivity index (χ1v) is 11.5. The van der Waals surface area contributed by atoms with Crippen LogP contribution in [0.3, 0.4) is 0 Å². The number of carboxylic acids is 1. The molecule has 0 spiro atoms. The maximum atomic E-state index is 14.9. The van der Waals surface area contributed by atoms with Crippen LogP contribution in [0.4, 0.5) is 4.39 Å². The molecule has 2 aliphatic rings. The minimum Gasteiger partial charge on any atom is -0.492 e. The van der Waals surface area contributed by atoms with Gasteiger partial charge in [-0.1, -0.05) is 6.07 Å². The van der Waals surface area contributed by atoms with Crippen LogP contribution in [0.5, 0.6) is 23.0 Å². The van der Waals surface area contributed by atoms with Crippen LogP contribution < -0.4 is 14.2 Å². The summed E-state index contributed by atoms with van der Waals surface area (Å²) in [5, 5.41) is 9.09. The van der Waals surface area contributed by atoms with Gasteiger partial charge in [0.25, 0.3) is 0 Å². The Balaban J connectivity index is 1.24. The van der Waals surface area contributed by atoms with Crippen LogP contribution in [0.25, 0.3) is 11.1 Å². The SMILES string of the molecule is Cc1nc2cc(Oc3ccc(F)c4c3CCC4Oc3ccc4c(c3)OCC4CC(=O)O)ccc2o1. The van der Waals surface area contributed by atoms with E-state index in [1.54, 1.807) is 43.3 Å². The predicted molar refractivity (Wildman–Crippen MR) is 124 cm³/mol. The van der Waals surface area contributed by atoms with E-state index >= 15 is 0 Å². The minimum atomic E-state index is -0.862. The lowest BCUT2D eigenvalue weighted by molar-refractivity contribution is -0.137. The molecule has 1 aliphatic carbocycles. The molecule has 6 rings (SSSR count). The molecule has 7 nitrogen and oxygen atoms in total. The Hall–Kier alpha value is -4.07. The Labute approximate surface area is 200 Å². The van der Waals surface area contributed by atoms with Crippen LogP contribution in [-0.2, 0) is 11.2 Å². The number of carbonyl (C=O) groups is 1. The number of aliphatic carboxylic acids is 1. The molecule has 0 amide bonds. The lowest BCUT2D eigenvalue weighted by atomic mass is 9.98. The van der Waals surface area contributed by atoms with Gasteiger partial charge in [0.2, 0.25) is 0 Å². The molecule has 1 N–H and O–H groups in total. The number of halogens is 1. The Bertz CT molecular complexity index is 1460. The largest absolute Gasteiger partial charge is 0.492 e. The van der Waals surface area contributed by atoms with Gasteiger partial charge in [0.1, 0.15) is 40.4 Å². The highest BCUT2D eigenvalue weighted by Crippen LogP contribution is 2.44. The van der Waals surface area contributed by atoms with E-state index in [0.717, 1.165) is 11.1 Å². The van der Waals surface area contributed by atoms with Crippen LogP contribution in [-0.4, -0.2) is 22.7 Å². The summed E-state index contributed by atoms with van der Waals surface area (Å²) >= 11 is 0. The number of benzene rings is 3. The molecule has 0 radical (unpaired) electrons. The van der Waals surface area contributed by atoms with E-state index in [9.17, 15) is 9.18 Å². The van der Waals surface area contributed by atoms with Crippen LogP contribution in [0.1, 0.15) is 47.4 Å². The molecule has 2 heterocycles. The van der Waals surface area contributed by atoms with E-state index in [0.29, 0.717) is 65.0 Å². The molecule has 2 unspecified atom stereocenters. The van der Waals surface area contributed by atoms with Crippen molar-refractivity contribution in [3.63, 3.8) is 0 Å². The van der Waals surface area contributed by atoms with E-state index in [1.807, 2.05) is 6.07 Å². The molecule has 0 fully saturated rings. The summed E-state index contributed by atoms with van der Waals surface area (Å²) in [7, 11) is 0. The van der Waals surface area contributed by atoms with Crippen molar-refractivity contribution in [1.29, 1.82) is 0 Å². The second-order valence-electron chi connectivity index (χ2n) is 8.85. The van der Waals surface area contributed by atoms with E-state index in [-0.39, 0.29) is 18.2 Å². The number of rotatable bonds is 6. The summed E-state index contributed by atoms with van der Waals surface area (Å²) in [6.07, 6.45) is 0.762. The van der Waals surface area contributed by atoms with E-state index in [4.69, 9.17) is 23.7 Å². The number of ether oxygens (including phenoxy) is 3. The maximum Gasteiger partial charge on any atom is 0.304 e. The van der Waals surface area contributed by atoms with Gasteiger partial charge in [-0.3, -0.25) is 4.79 Å². The molecule has 178 valence electrons. The molecule has 0 bridgehead atoms. The summed E-state index contributed by atoms with van der Waals surface area (Å²) in [5.41, 5.74) is 3.51. The number of oxazole rings is 1. The summed E-state index contributed by atoms with van der Waals surface area (Å²) in [6.45, 7) is 2.11. The van der Waals surface area contributed by atoms with Crippen LogP contribution >= 0.6 is 0 Å². The van der Waals surface area contributed by atoms with Crippen molar-refractivity contribution in [1.82, 2.24) is 4.98 Å². The molecular formula is C27H22FNO6. The molecule has 8 heteroatoms. The second kappa shape index (κ2) is 8.30. The Morgan fingerprint density at radius 1 is 1.17 bits per heavy atom. The summed E-state index contributed by atoms with van der Waals surface area (Å²) in [5.74, 6) is 1.54. The van der Waals surface area contributed by atoms with Crippen molar-refractivity contribution < 1.29 is 32.9 Å². The Morgan fingerprint density at radius 2 is 2.03 bits per heavy atom. The van der Waals surface area contributed by atoms with Gasteiger partial charge >= 0.3 is 5.97 Å². The fraction of sp³-hybridized carbons (Fsp3) is 0.259. The van der Waals surface area contributed by atoms with Crippen molar-refractivity contribution >= 4 is 17.1 Å². The van der Waals surface area contributed by atoms with Crippen molar-refractivity contribution in [3.8, 4) is 23.0 Å². The monoisotopic (exact) mass is 475 g/mol. The highest BCUT2D eigenvalue weighted by atomic mass is 19.1. The van der Waals surface area contributed by atoms with Crippen LogP contribution in [0, 0.1) is 12.7 Å². The minimum absolute atomic E-state index is 0.0143. The van der Waals surface area contributed by atoms with Crippen LogP contribution in [0.2, 0.25) is 0 Å². The summed E-state index contributed by atoms with van der Waals surface area (Å²) in [4.78, 5) is 15.4. The van der Waals surface area contributed by atoms with Crippen molar-refractivity contribution in [2.75, 3.05) is 6.61 Å². The lowest BCUT2D eigenvalue weighted by Gasteiger charge is -2.17. The second-order valence-corrected chi connectivity index (χ2v) is 8.85. The number of hydrogen-bond donors (Lipinski definition) is 1. The Kier molecular flexibility index (Phi) is 5.09. The zero-order valence-corrected chi connectivity index (χ0v) is 18.9. The lowest BCUT2D eigenvalue weighted by Crippen LogP contribution is -2.07. The summed E-state index contributed by atoms with van der Waals surface area (Å²) < 4.78 is 38.4. The van der Waals surface area contributed by atoms with Gasteiger partial charge < -0.3 is 23.7 Å². The van der Waals surface area contributed by atoms with Gasteiger partial charge in [-0.05, 0) is 43.2 Å². The number of carboxylic acid groups (broad SMARTS) is 1. The quantitative estimate of drug-likeness (QED) is 0.361. The molecule has 4 aromatic rings. The first-order chi connectivity index (χ1) is 16.9. The molecular weight excluding hydrogens is 453 g/mol. The number of hydrogen-bond acceptors (Lipinski definition) is 6. The third-order valence-corrected chi connectivity index (χ3v) is 6.50. The first-order valence-electron chi connectivity index (χ1n) is 11.5. The van der Waals surface area contributed by atoms with Crippen LogP contribution in [0.15, 0.2) is 52.9 Å². The topological polar surface area (TPSA) is 91.0 Å². The van der Waals surface area contributed by atoms with Crippen molar-refractivity contribution in [3.05, 3.63) is 76.9 Å². The van der Waals surface area contributed by atoms with E-state index in [1.165, 1.54) is 6.07 Å². The van der Waals surface area contributed by atoms with Gasteiger partial charge in [-0.25, -0.2) is 9.37 Å². The van der Waals surface area contributed by atoms with Gasteiger partial charge in [0.15, 0.2) is 11.5 Å². The maximum absolute atomic E-state index is 14.9. The summed E-state index contributed by atoms with van der Waals surface area (Å²) in [6, 6.07) is 13.8. The number of aromatic nitrogens is 1. The highest BCUT2D eigenvalue weighted by Gasteiger charge is 2.32. The third kappa shape index (κ3) is 3.95. The zero-order valence-electron chi connectivity index (χ0n) is 18.9. The fourth-order valence-electron chi connectivity index (χ4n) is 4.94. The Morgan fingerprint density at radius 3 is 2.89 bits per heavy atom. The normalized spacial score (nSPS) is 18.2. The predicted octanol–water partition coefficient (Wildman–Crippen LogP) is 6.08. The molecule has 3 aromatic carbocycles. The molecule has 1 aliphatic heterocycles. The molecule has 0 saturated heterocycles. The highest BCUT2D eigenvalue weighted by molar-refractivity contribution is 5.74. The van der Waals surface area contributed by atoms with Gasteiger partial charge in [0.05, 0.1) is 13.0 Å². The van der Waals surface area contributed by atoms with Crippen molar-refractivity contribution in [2.24, 2.45) is 0 Å². The van der Waals surface area contributed by atoms with Gasteiger partial charge in [0, 0.05) is 41.7 Å². The van der Waals surface area contributed by atoms with Gasteiger partial charge in [-0.2, -0.15) is 0 Å². The average molecular weight is 475 g/mol. The van der Waals surface area contributed by atoms with Gasteiger partial charge in [-0.15, -0.1) is 0 Å². The van der Waals surface area contributed by atoms with E-state index < -0.39 is 12.1 Å². The average Bonchev–Trinajstić information content (AvgIpc) is 3.52. The molecule has 35 heavy (non-hydrogen) atoms. The third-order valence-electron chi connectivity index (χ3n) is 6.50. The molecule has 2 atom stereocenters. The van der Waals surface area contributed by atoms with Crippen molar-refractivity contribution in [2.45, 2.75) is 38.2 Å². The standard InChI is InChI=1S/C27H22FNO6/c1-14-29-21-11-16(3-7-23(21)33-14)34-22-9-6-20(28)27-19(22)5-8-24(27)35-17-2-4-18-15(10-26(30)31)13-32-25(18)12-17/h2-4,6-7,9,11-12,15,24H,5,8,10,13H2,1H3,(H,30,31). The molecule has 1 aromatic heterocycles.